The summed E-state index contributed by atoms with van der Waals surface area (Å²) < 4.78 is 9.04. The summed E-state index contributed by atoms with van der Waals surface area (Å²) in [6.07, 6.45) is 2.57. The molecule has 1 heterocycles. The number of benzene rings is 1. The van der Waals surface area contributed by atoms with E-state index in [4.69, 9.17) is 4.74 Å². The molecule has 0 unspecified atom stereocenters. The minimum absolute atomic E-state index is 0.681. The Morgan fingerprint density at radius 2 is 2.05 bits per heavy atom. The van der Waals surface area contributed by atoms with Gasteiger partial charge in [0.2, 0.25) is 5.88 Å². The van der Waals surface area contributed by atoms with Crippen molar-refractivity contribution in [2.24, 2.45) is 7.05 Å². The van der Waals surface area contributed by atoms with Gasteiger partial charge < -0.3 is 10.1 Å². The van der Waals surface area contributed by atoms with Crippen LogP contribution in [0, 0.1) is 10.5 Å². The molecule has 1 saturated carbocycles. The van der Waals surface area contributed by atoms with Gasteiger partial charge in [0.25, 0.3) is 0 Å². The van der Waals surface area contributed by atoms with E-state index in [0.29, 0.717) is 6.04 Å². The standard InChI is InChI=1S/C15H18IN3O/c1-10-14(9-17-12-5-6-12)15(19(2)18-10)20-13-7-3-11(16)4-8-13/h3-4,7-8,12,17H,5-6,9H2,1-2H3. The van der Waals surface area contributed by atoms with E-state index in [2.05, 4.69) is 33.0 Å². The van der Waals surface area contributed by atoms with Crippen molar-refractivity contribution < 1.29 is 4.74 Å². The molecule has 1 aliphatic carbocycles. The molecule has 0 saturated heterocycles. The molecule has 3 rings (SSSR count). The quantitative estimate of drug-likeness (QED) is 0.805. The molecule has 0 bridgehead atoms. The Kier molecular flexibility index (Phi) is 3.98. The van der Waals surface area contributed by atoms with Gasteiger partial charge in [0.05, 0.1) is 11.3 Å². The van der Waals surface area contributed by atoms with Crippen LogP contribution < -0.4 is 10.1 Å². The Morgan fingerprint density at radius 1 is 1.35 bits per heavy atom. The van der Waals surface area contributed by atoms with Crippen molar-refractivity contribution in [1.82, 2.24) is 15.1 Å². The molecule has 1 N–H and O–H groups in total. The first-order chi connectivity index (χ1) is 9.63. The second kappa shape index (κ2) is 5.73. The molecular weight excluding hydrogens is 365 g/mol. The van der Waals surface area contributed by atoms with E-state index in [-0.39, 0.29) is 0 Å². The molecule has 20 heavy (non-hydrogen) atoms. The minimum Gasteiger partial charge on any atom is -0.439 e. The summed E-state index contributed by atoms with van der Waals surface area (Å²) in [7, 11) is 1.93. The maximum atomic E-state index is 6.03. The van der Waals surface area contributed by atoms with Gasteiger partial charge in [-0.15, -0.1) is 0 Å². The molecule has 1 aromatic carbocycles. The van der Waals surface area contributed by atoms with Crippen molar-refractivity contribution in [1.29, 1.82) is 0 Å². The zero-order chi connectivity index (χ0) is 14.1. The Bertz CT molecular complexity index is 602. The summed E-state index contributed by atoms with van der Waals surface area (Å²) in [6, 6.07) is 8.74. The molecule has 0 radical (unpaired) electrons. The molecular formula is C15H18IN3O. The van der Waals surface area contributed by atoms with Crippen LogP contribution in [-0.4, -0.2) is 15.8 Å². The van der Waals surface area contributed by atoms with E-state index in [0.717, 1.165) is 29.4 Å². The second-order valence-corrected chi connectivity index (χ2v) is 6.45. The third-order valence-corrected chi connectivity index (χ3v) is 4.18. The summed E-state index contributed by atoms with van der Waals surface area (Å²) in [5.74, 6) is 1.68. The first-order valence-electron chi connectivity index (χ1n) is 6.83. The van der Waals surface area contributed by atoms with Gasteiger partial charge in [-0.05, 0) is 66.6 Å². The maximum absolute atomic E-state index is 6.03. The van der Waals surface area contributed by atoms with Crippen molar-refractivity contribution in [3.8, 4) is 11.6 Å². The summed E-state index contributed by atoms with van der Waals surface area (Å²) >= 11 is 2.29. The summed E-state index contributed by atoms with van der Waals surface area (Å²) in [6.45, 7) is 2.86. The molecule has 0 amide bonds. The van der Waals surface area contributed by atoms with Crippen molar-refractivity contribution >= 4 is 22.6 Å². The average Bonchev–Trinajstić information content (AvgIpc) is 3.19. The smallest absolute Gasteiger partial charge is 0.222 e. The summed E-state index contributed by atoms with van der Waals surface area (Å²) in [5, 5.41) is 8.00. The Hall–Kier alpha value is -1.08. The molecule has 1 fully saturated rings. The van der Waals surface area contributed by atoms with E-state index in [1.54, 1.807) is 0 Å². The van der Waals surface area contributed by atoms with Gasteiger partial charge in [0.15, 0.2) is 0 Å². The van der Waals surface area contributed by atoms with Crippen LogP contribution in [0.4, 0.5) is 0 Å². The van der Waals surface area contributed by atoms with Crippen LogP contribution in [0.15, 0.2) is 24.3 Å². The molecule has 4 nitrogen and oxygen atoms in total. The molecule has 0 atom stereocenters. The van der Waals surface area contributed by atoms with Crippen LogP contribution in [0.2, 0.25) is 0 Å². The van der Waals surface area contributed by atoms with E-state index < -0.39 is 0 Å². The number of hydrogen-bond donors (Lipinski definition) is 1. The number of nitrogens with one attached hydrogen (secondary N) is 1. The molecule has 106 valence electrons. The van der Waals surface area contributed by atoms with Crippen LogP contribution in [0.25, 0.3) is 0 Å². The highest BCUT2D eigenvalue weighted by atomic mass is 127. The van der Waals surface area contributed by atoms with Crippen LogP contribution in [0.1, 0.15) is 24.1 Å². The van der Waals surface area contributed by atoms with Gasteiger partial charge in [-0.3, -0.25) is 0 Å². The number of aromatic nitrogens is 2. The third-order valence-electron chi connectivity index (χ3n) is 3.46. The predicted molar refractivity (Wildman–Crippen MR) is 87.0 cm³/mol. The number of rotatable bonds is 5. The third kappa shape index (κ3) is 3.15. The van der Waals surface area contributed by atoms with Gasteiger partial charge in [-0.1, -0.05) is 0 Å². The number of ether oxygens (including phenoxy) is 1. The molecule has 0 spiro atoms. The molecule has 1 aromatic heterocycles. The van der Waals surface area contributed by atoms with Crippen molar-refractivity contribution in [3.05, 3.63) is 39.1 Å². The van der Waals surface area contributed by atoms with E-state index in [9.17, 15) is 0 Å². The fourth-order valence-corrected chi connectivity index (χ4v) is 2.52. The normalized spacial score (nSPS) is 14.6. The van der Waals surface area contributed by atoms with Gasteiger partial charge in [0, 0.05) is 23.2 Å². The highest BCUT2D eigenvalue weighted by molar-refractivity contribution is 14.1. The Morgan fingerprint density at radius 3 is 2.70 bits per heavy atom. The minimum atomic E-state index is 0.681. The fraction of sp³-hybridized carbons (Fsp3) is 0.400. The predicted octanol–water partition coefficient (Wildman–Crippen LogP) is 3.38. The van der Waals surface area contributed by atoms with Crippen molar-refractivity contribution in [2.75, 3.05) is 0 Å². The fourth-order valence-electron chi connectivity index (χ4n) is 2.16. The van der Waals surface area contributed by atoms with Crippen LogP contribution in [0.3, 0.4) is 0 Å². The zero-order valence-electron chi connectivity index (χ0n) is 11.7. The van der Waals surface area contributed by atoms with E-state index >= 15 is 0 Å². The highest BCUT2D eigenvalue weighted by Gasteiger charge is 2.23. The summed E-state index contributed by atoms with van der Waals surface area (Å²) in [4.78, 5) is 0. The van der Waals surface area contributed by atoms with Gasteiger partial charge in [-0.25, -0.2) is 4.68 Å². The number of halogens is 1. The van der Waals surface area contributed by atoms with Crippen molar-refractivity contribution in [3.63, 3.8) is 0 Å². The SMILES string of the molecule is Cc1nn(C)c(Oc2ccc(I)cc2)c1CNC1CC1. The van der Waals surface area contributed by atoms with Gasteiger partial charge in [-0.2, -0.15) is 5.10 Å². The largest absolute Gasteiger partial charge is 0.439 e. The van der Waals surface area contributed by atoms with E-state index in [1.807, 2.05) is 42.9 Å². The van der Waals surface area contributed by atoms with Gasteiger partial charge in [0.1, 0.15) is 5.75 Å². The zero-order valence-corrected chi connectivity index (χ0v) is 13.8. The lowest BCUT2D eigenvalue weighted by Crippen LogP contribution is -2.16. The van der Waals surface area contributed by atoms with E-state index in [1.165, 1.54) is 16.4 Å². The first-order valence-corrected chi connectivity index (χ1v) is 7.90. The monoisotopic (exact) mass is 383 g/mol. The average molecular weight is 383 g/mol. The summed E-state index contributed by atoms with van der Waals surface area (Å²) in [5.41, 5.74) is 2.18. The lowest BCUT2D eigenvalue weighted by molar-refractivity contribution is 0.423. The van der Waals surface area contributed by atoms with Crippen molar-refractivity contribution in [2.45, 2.75) is 32.4 Å². The number of aryl methyl sites for hydroxylation is 2. The number of hydrogen-bond acceptors (Lipinski definition) is 3. The van der Waals surface area contributed by atoms with Gasteiger partial charge >= 0.3 is 0 Å². The lowest BCUT2D eigenvalue weighted by atomic mass is 10.2. The number of nitrogens with zero attached hydrogens (tertiary/aromatic N) is 2. The first kappa shape index (κ1) is 13.9. The topological polar surface area (TPSA) is 39.1 Å². The second-order valence-electron chi connectivity index (χ2n) is 5.20. The highest BCUT2D eigenvalue weighted by Crippen LogP contribution is 2.28. The Balaban J connectivity index is 1.81. The van der Waals surface area contributed by atoms with Crippen LogP contribution >= 0.6 is 22.6 Å². The molecule has 5 heteroatoms. The Labute approximate surface area is 132 Å². The van der Waals surface area contributed by atoms with Crippen LogP contribution in [0.5, 0.6) is 11.6 Å². The van der Waals surface area contributed by atoms with Crippen LogP contribution in [-0.2, 0) is 13.6 Å². The maximum Gasteiger partial charge on any atom is 0.222 e. The molecule has 2 aromatic rings. The lowest BCUT2D eigenvalue weighted by Gasteiger charge is -2.09. The molecule has 1 aliphatic rings. The molecule has 0 aliphatic heterocycles.